The summed E-state index contributed by atoms with van der Waals surface area (Å²) in [6.45, 7) is 11.9. The standard InChI is InChI=1S/C22H30N2O4/c1-21(2,3)27-19(25)23-12-7-8-17(23)15-9-10-18-16(14-15)11-13-24(18)20(26)28-22(4,5)6/h9-11,13-14,17H,7-8,12H2,1-6H3/t17-/m1/s1. The summed E-state index contributed by atoms with van der Waals surface area (Å²) in [5.41, 5.74) is 0.780. The van der Waals surface area contributed by atoms with E-state index in [1.54, 1.807) is 11.1 Å². The molecular weight excluding hydrogens is 356 g/mol. The van der Waals surface area contributed by atoms with Gasteiger partial charge in [-0.05, 0) is 78.1 Å². The molecule has 1 saturated heterocycles. The summed E-state index contributed by atoms with van der Waals surface area (Å²) in [5.74, 6) is 0. The molecule has 1 amide bonds. The van der Waals surface area contributed by atoms with E-state index in [9.17, 15) is 9.59 Å². The molecular formula is C22H30N2O4. The van der Waals surface area contributed by atoms with Crippen LogP contribution in [0.15, 0.2) is 30.5 Å². The second-order valence-electron chi connectivity index (χ2n) is 9.32. The summed E-state index contributed by atoms with van der Waals surface area (Å²) < 4.78 is 12.6. The first kappa shape index (κ1) is 20.2. The average molecular weight is 386 g/mol. The van der Waals surface area contributed by atoms with E-state index in [0.717, 1.165) is 29.3 Å². The zero-order valence-electron chi connectivity index (χ0n) is 17.6. The minimum Gasteiger partial charge on any atom is -0.444 e. The average Bonchev–Trinajstić information content (AvgIpc) is 3.18. The summed E-state index contributed by atoms with van der Waals surface area (Å²) in [7, 11) is 0. The molecule has 2 heterocycles. The lowest BCUT2D eigenvalue weighted by molar-refractivity contribution is 0.0224. The zero-order chi connectivity index (χ0) is 20.7. The SMILES string of the molecule is CC(C)(C)OC(=O)N1CCC[C@@H]1c1ccc2c(ccn2C(=O)OC(C)(C)C)c1. The van der Waals surface area contributed by atoms with Crippen LogP contribution in [-0.2, 0) is 9.47 Å². The zero-order valence-corrected chi connectivity index (χ0v) is 17.6. The van der Waals surface area contributed by atoms with E-state index >= 15 is 0 Å². The second kappa shape index (κ2) is 7.15. The van der Waals surface area contributed by atoms with Gasteiger partial charge in [0.15, 0.2) is 0 Å². The van der Waals surface area contributed by atoms with Crippen molar-refractivity contribution in [2.75, 3.05) is 6.54 Å². The van der Waals surface area contributed by atoms with Crippen molar-refractivity contribution in [1.29, 1.82) is 0 Å². The molecule has 0 aliphatic carbocycles. The molecule has 0 spiro atoms. The van der Waals surface area contributed by atoms with Gasteiger partial charge in [-0.1, -0.05) is 6.07 Å². The van der Waals surface area contributed by atoms with E-state index in [1.807, 2.05) is 65.8 Å². The van der Waals surface area contributed by atoms with Crippen molar-refractivity contribution in [3.8, 4) is 0 Å². The molecule has 0 bridgehead atoms. The Morgan fingerprint density at radius 2 is 1.61 bits per heavy atom. The number of nitrogens with zero attached hydrogens (tertiary/aromatic N) is 2. The molecule has 6 nitrogen and oxygen atoms in total. The van der Waals surface area contributed by atoms with Crippen molar-refractivity contribution in [1.82, 2.24) is 9.47 Å². The van der Waals surface area contributed by atoms with Crippen LogP contribution in [0.5, 0.6) is 0 Å². The van der Waals surface area contributed by atoms with E-state index in [4.69, 9.17) is 9.47 Å². The van der Waals surface area contributed by atoms with Gasteiger partial charge in [0.05, 0.1) is 11.6 Å². The maximum atomic E-state index is 12.6. The van der Waals surface area contributed by atoms with E-state index in [-0.39, 0.29) is 12.1 Å². The van der Waals surface area contributed by atoms with E-state index in [0.29, 0.717) is 6.54 Å². The van der Waals surface area contributed by atoms with Gasteiger partial charge < -0.3 is 14.4 Å². The van der Waals surface area contributed by atoms with Crippen molar-refractivity contribution >= 4 is 23.1 Å². The molecule has 152 valence electrons. The molecule has 28 heavy (non-hydrogen) atoms. The fraction of sp³-hybridized carbons (Fsp3) is 0.545. The van der Waals surface area contributed by atoms with Gasteiger partial charge in [-0.2, -0.15) is 0 Å². The van der Waals surface area contributed by atoms with Gasteiger partial charge in [0.2, 0.25) is 0 Å². The monoisotopic (exact) mass is 386 g/mol. The van der Waals surface area contributed by atoms with Crippen molar-refractivity contribution < 1.29 is 19.1 Å². The molecule has 1 aliphatic rings. The third-order valence-electron chi connectivity index (χ3n) is 4.57. The predicted molar refractivity (Wildman–Crippen MR) is 108 cm³/mol. The maximum absolute atomic E-state index is 12.6. The Morgan fingerprint density at radius 1 is 0.964 bits per heavy atom. The molecule has 2 aromatic rings. The lowest BCUT2D eigenvalue weighted by atomic mass is 10.0. The Morgan fingerprint density at radius 3 is 2.25 bits per heavy atom. The van der Waals surface area contributed by atoms with Crippen molar-refractivity contribution in [3.63, 3.8) is 0 Å². The quantitative estimate of drug-likeness (QED) is 0.649. The first-order valence-electron chi connectivity index (χ1n) is 9.79. The number of fused-ring (bicyclic) bond motifs is 1. The fourth-order valence-corrected chi connectivity index (χ4v) is 3.49. The van der Waals surface area contributed by atoms with Crippen LogP contribution in [0.25, 0.3) is 10.9 Å². The van der Waals surface area contributed by atoms with Gasteiger partial charge in [-0.15, -0.1) is 0 Å². The lowest BCUT2D eigenvalue weighted by Gasteiger charge is -2.29. The predicted octanol–water partition coefficient (Wildman–Crippen LogP) is 5.50. The number of benzene rings is 1. The molecule has 1 atom stereocenters. The second-order valence-corrected chi connectivity index (χ2v) is 9.32. The third-order valence-corrected chi connectivity index (χ3v) is 4.57. The fourth-order valence-electron chi connectivity index (χ4n) is 3.49. The Labute approximate surface area is 166 Å². The van der Waals surface area contributed by atoms with Crippen LogP contribution in [0.1, 0.15) is 66.0 Å². The highest BCUT2D eigenvalue weighted by Gasteiger charge is 2.33. The Bertz CT molecular complexity index is 886. The molecule has 0 N–H and O–H groups in total. The van der Waals surface area contributed by atoms with E-state index < -0.39 is 17.3 Å². The number of carbonyl (C=O) groups is 2. The number of aromatic nitrogens is 1. The van der Waals surface area contributed by atoms with Crippen LogP contribution in [0.4, 0.5) is 9.59 Å². The van der Waals surface area contributed by atoms with Gasteiger partial charge in [-0.3, -0.25) is 4.57 Å². The topological polar surface area (TPSA) is 60.8 Å². The highest BCUT2D eigenvalue weighted by atomic mass is 16.6. The van der Waals surface area contributed by atoms with Crippen LogP contribution in [-0.4, -0.2) is 39.4 Å². The minimum atomic E-state index is -0.550. The highest BCUT2D eigenvalue weighted by molar-refractivity contribution is 5.90. The van der Waals surface area contributed by atoms with Crippen LogP contribution >= 0.6 is 0 Å². The normalized spacial score (nSPS) is 17.8. The Kier molecular flexibility index (Phi) is 5.17. The van der Waals surface area contributed by atoms with E-state index in [1.165, 1.54) is 4.57 Å². The summed E-state index contributed by atoms with van der Waals surface area (Å²) in [6, 6.07) is 7.83. The van der Waals surface area contributed by atoms with Gasteiger partial charge in [0.25, 0.3) is 0 Å². The molecule has 1 fully saturated rings. The van der Waals surface area contributed by atoms with E-state index in [2.05, 4.69) is 0 Å². The first-order chi connectivity index (χ1) is 12.9. The molecule has 3 rings (SSSR count). The third kappa shape index (κ3) is 4.49. The summed E-state index contributed by atoms with van der Waals surface area (Å²) in [4.78, 5) is 26.8. The number of hydrogen-bond donors (Lipinski definition) is 0. The Hall–Kier alpha value is -2.50. The van der Waals surface area contributed by atoms with Crippen LogP contribution in [0, 0.1) is 0 Å². The van der Waals surface area contributed by atoms with Crippen LogP contribution in [0.2, 0.25) is 0 Å². The largest absolute Gasteiger partial charge is 0.444 e. The smallest absolute Gasteiger partial charge is 0.418 e. The lowest BCUT2D eigenvalue weighted by Crippen LogP contribution is -2.36. The molecule has 0 radical (unpaired) electrons. The van der Waals surface area contributed by atoms with Crippen molar-refractivity contribution in [2.24, 2.45) is 0 Å². The number of hydrogen-bond acceptors (Lipinski definition) is 4. The first-order valence-corrected chi connectivity index (χ1v) is 9.79. The number of ether oxygens (including phenoxy) is 2. The molecule has 1 aromatic heterocycles. The summed E-state index contributed by atoms with van der Waals surface area (Å²) >= 11 is 0. The van der Waals surface area contributed by atoms with Crippen LogP contribution in [0.3, 0.4) is 0 Å². The Balaban J connectivity index is 1.85. The van der Waals surface area contributed by atoms with Crippen LogP contribution < -0.4 is 0 Å². The highest BCUT2D eigenvalue weighted by Crippen LogP contribution is 2.34. The molecule has 1 aromatic carbocycles. The molecule has 6 heteroatoms. The molecule has 0 saturated carbocycles. The molecule has 0 unspecified atom stereocenters. The minimum absolute atomic E-state index is 0.0101. The van der Waals surface area contributed by atoms with Crippen molar-refractivity contribution in [2.45, 2.75) is 71.6 Å². The maximum Gasteiger partial charge on any atom is 0.418 e. The number of likely N-dealkylation sites (tertiary alicyclic amines) is 1. The van der Waals surface area contributed by atoms with Gasteiger partial charge in [0.1, 0.15) is 11.2 Å². The van der Waals surface area contributed by atoms with Gasteiger partial charge in [-0.25, -0.2) is 9.59 Å². The number of carbonyl (C=O) groups excluding carboxylic acids is 2. The number of amides is 1. The van der Waals surface area contributed by atoms with Gasteiger partial charge in [0, 0.05) is 18.1 Å². The van der Waals surface area contributed by atoms with Gasteiger partial charge >= 0.3 is 12.2 Å². The number of rotatable bonds is 1. The molecule has 1 aliphatic heterocycles. The summed E-state index contributed by atoms with van der Waals surface area (Å²) in [5, 5.41) is 0.944. The van der Waals surface area contributed by atoms with Crippen molar-refractivity contribution in [3.05, 3.63) is 36.0 Å². The summed E-state index contributed by atoms with van der Waals surface area (Å²) in [6.07, 6.45) is 2.90.